The lowest BCUT2D eigenvalue weighted by Gasteiger charge is -2.38. The molecule has 5 aromatic rings. The molecule has 0 amide bonds. The molecule has 0 aliphatic carbocycles. The Morgan fingerprint density at radius 1 is 0.643 bits per heavy atom. The Labute approximate surface area is 168 Å². The zero-order chi connectivity index (χ0) is 18.7. The number of aromatic amines is 1. The van der Waals surface area contributed by atoms with Crippen LogP contribution in [0.15, 0.2) is 101 Å². The first kappa shape index (κ1) is 16.0. The number of fused-ring (bicyclic) bond motifs is 5. The van der Waals surface area contributed by atoms with Crippen LogP contribution < -0.4 is 0 Å². The summed E-state index contributed by atoms with van der Waals surface area (Å²) in [5, 5.41) is 2.60. The number of aromatic nitrogens is 1. The van der Waals surface area contributed by atoms with Crippen molar-refractivity contribution in [2.75, 3.05) is 0 Å². The van der Waals surface area contributed by atoms with Gasteiger partial charge in [-0.05, 0) is 47.9 Å². The van der Waals surface area contributed by atoms with E-state index in [-0.39, 0.29) is 5.41 Å². The molecule has 1 aromatic heterocycles. The summed E-state index contributed by atoms with van der Waals surface area (Å²) >= 11 is 1.89. The summed E-state index contributed by atoms with van der Waals surface area (Å²) in [6.45, 7) is 2.37. The van der Waals surface area contributed by atoms with Crippen molar-refractivity contribution in [3.8, 4) is 0 Å². The Bertz CT molecular complexity index is 1350. The lowest BCUT2D eigenvalue weighted by Crippen LogP contribution is -2.29. The molecule has 0 radical (unpaired) electrons. The molecule has 0 saturated heterocycles. The molecule has 2 heteroatoms. The van der Waals surface area contributed by atoms with E-state index < -0.39 is 0 Å². The zero-order valence-corrected chi connectivity index (χ0v) is 16.4. The number of nitrogens with one attached hydrogen (secondary N) is 1. The average molecular weight is 378 g/mol. The van der Waals surface area contributed by atoms with Gasteiger partial charge >= 0.3 is 0 Å². The van der Waals surface area contributed by atoms with E-state index in [1.165, 1.54) is 48.3 Å². The molecule has 1 nitrogen and oxygen atoms in total. The Kier molecular flexibility index (Phi) is 3.30. The van der Waals surface area contributed by atoms with E-state index in [2.05, 4.69) is 103 Å². The van der Waals surface area contributed by atoms with Gasteiger partial charge in [-0.1, -0.05) is 78.5 Å². The molecule has 0 fully saturated rings. The minimum absolute atomic E-state index is 0.177. The van der Waals surface area contributed by atoms with Crippen molar-refractivity contribution in [3.05, 3.63) is 108 Å². The molecule has 134 valence electrons. The molecule has 2 heterocycles. The minimum atomic E-state index is -0.177. The standard InChI is InChI=1S/C26H19NS/c1-26(17-9-3-2-4-10-17)20-12-6-8-14-24(20)28-25-15-19-18-11-5-7-13-22(18)27-23(19)16-21(25)26/h2-16,27H,1H3. The predicted octanol–water partition coefficient (Wildman–Crippen LogP) is 7.14. The van der Waals surface area contributed by atoms with E-state index in [9.17, 15) is 0 Å². The number of para-hydroxylation sites is 1. The molecule has 6 rings (SSSR count). The van der Waals surface area contributed by atoms with Crippen LogP contribution in [0.1, 0.15) is 23.6 Å². The van der Waals surface area contributed by atoms with Crippen LogP contribution in [-0.4, -0.2) is 4.98 Å². The van der Waals surface area contributed by atoms with Gasteiger partial charge in [0.25, 0.3) is 0 Å². The summed E-state index contributed by atoms with van der Waals surface area (Å²) in [6.07, 6.45) is 0. The van der Waals surface area contributed by atoms with Crippen molar-refractivity contribution < 1.29 is 0 Å². The van der Waals surface area contributed by atoms with Crippen molar-refractivity contribution in [1.82, 2.24) is 4.98 Å². The molecular weight excluding hydrogens is 358 g/mol. The highest BCUT2D eigenvalue weighted by Gasteiger charge is 2.38. The second-order valence-electron chi connectivity index (χ2n) is 7.65. The Balaban J connectivity index is 1.72. The Morgan fingerprint density at radius 2 is 1.39 bits per heavy atom. The molecule has 1 aliphatic rings. The maximum absolute atomic E-state index is 3.63. The van der Waals surface area contributed by atoms with Gasteiger partial charge in [0.1, 0.15) is 0 Å². The van der Waals surface area contributed by atoms with Crippen LogP contribution in [0.25, 0.3) is 21.8 Å². The highest BCUT2D eigenvalue weighted by atomic mass is 32.2. The summed E-state index contributed by atoms with van der Waals surface area (Å²) in [6, 6.07) is 33.1. The van der Waals surface area contributed by atoms with Crippen molar-refractivity contribution in [1.29, 1.82) is 0 Å². The first-order valence-corrected chi connectivity index (χ1v) is 10.4. The minimum Gasteiger partial charge on any atom is -0.355 e. The first-order chi connectivity index (χ1) is 13.7. The van der Waals surface area contributed by atoms with Gasteiger partial charge in [-0.3, -0.25) is 0 Å². The molecule has 0 saturated carbocycles. The first-order valence-electron chi connectivity index (χ1n) is 9.63. The molecule has 0 bridgehead atoms. The largest absolute Gasteiger partial charge is 0.355 e. The SMILES string of the molecule is CC1(c2ccccc2)c2ccccc2Sc2cc3c(cc21)[nH]c1ccccc13. The molecule has 1 aliphatic heterocycles. The molecule has 1 atom stereocenters. The molecule has 0 spiro atoms. The van der Waals surface area contributed by atoms with Crippen LogP contribution in [0.5, 0.6) is 0 Å². The van der Waals surface area contributed by atoms with E-state index in [0.29, 0.717) is 0 Å². The van der Waals surface area contributed by atoms with E-state index in [1.54, 1.807) is 0 Å². The average Bonchev–Trinajstić information content (AvgIpc) is 3.11. The van der Waals surface area contributed by atoms with E-state index in [1.807, 2.05) is 11.8 Å². The summed E-state index contributed by atoms with van der Waals surface area (Å²) in [5.74, 6) is 0. The quantitative estimate of drug-likeness (QED) is 0.328. The van der Waals surface area contributed by atoms with Crippen LogP contribution >= 0.6 is 11.8 Å². The molecule has 28 heavy (non-hydrogen) atoms. The fraction of sp³-hybridized carbons (Fsp3) is 0.0769. The van der Waals surface area contributed by atoms with Crippen molar-refractivity contribution >= 4 is 33.6 Å². The van der Waals surface area contributed by atoms with Gasteiger partial charge in [-0.15, -0.1) is 0 Å². The van der Waals surface area contributed by atoms with Gasteiger partial charge in [0, 0.05) is 37.0 Å². The van der Waals surface area contributed by atoms with Crippen LogP contribution in [0.3, 0.4) is 0 Å². The van der Waals surface area contributed by atoms with Gasteiger partial charge < -0.3 is 4.98 Å². The van der Waals surface area contributed by atoms with Crippen LogP contribution in [0.4, 0.5) is 0 Å². The third kappa shape index (κ3) is 2.10. The number of rotatable bonds is 1. The third-order valence-corrected chi connectivity index (χ3v) is 7.28. The summed E-state index contributed by atoms with van der Waals surface area (Å²) in [7, 11) is 0. The molecular formula is C26H19NS. The number of benzene rings is 4. The maximum Gasteiger partial charge on any atom is 0.0468 e. The molecule has 1 N–H and O–H groups in total. The van der Waals surface area contributed by atoms with Crippen LogP contribution in [-0.2, 0) is 5.41 Å². The van der Waals surface area contributed by atoms with Gasteiger partial charge in [0.05, 0.1) is 0 Å². The normalized spacial score (nSPS) is 18.2. The molecule has 1 unspecified atom stereocenters. The van der Waals surface area contributed by atoms with Gasteiger partial charge in [-0.2, -0.15) is 0 Å². The lowest BCUT2D eigenvalue weighted by molar-refractivity contribution is 0.656. The third-order valence-electron chi connectivity index (χ3n) is 6.14. The van der Waals surface area contributed by atoms with Gasteiger partial charge in [0.15, 0.2) is 0 Å². The van der Waals surface area contributed by atoms with Gasteiger partial charge in [0.2, 0.25) is 0 Å². The monoisotopic (exact) mass is 377 g/mol. The van der Waals surface area contributed by atoms with Crippen molar-refractivity contribution in [2.24, 2.45) is 0 Å². The number of H-pyrrole nitrogens is 1. The van der Waals surface area contributed by atoms with E-state index in [4.69, 9.17) is 0 Å². The second-order valence-corrected chi connectivity index (χ2v) is 8.74. The van der Waals surface area contributed by atoms with Crippen LogP contribution in [0, 0.1) is 0 Å². The maximum atomic E-state index is 3.63. The number of hydrogen-bond acceptors (Lipinski definition) is 1. The van der Waals surface area contributed by atoms with Crippen molar-refractivity contribution in [3.63, 3.8) is 0 Å². The highest BCUT2D eigenvalue weighted by Crippen LogP contribution is 2.53. The van der Waals surface area contributed by atoms with E-state index in [0.717, 1.165) is 0 Å². The topological polar surface area (TPSA) is 15.8 Å². The summed E-state index contributed by atoms with van der Waals surface area (Å²) < 4.78 is 0. The fourth-order valence-corrected chi connectivity index (χ4v) is 5.98. The van der Waals surface area contributed by atoms with Gasteiger partial charge in [-0.25, -0.2) is 0 Å². The fourth-order valence-electron chi connectivity index (χ4n) is 4.67. The highest BCUT2D eigenvalue weighted by molar-refractivity contribution is 7.99. The Morgan fingerprint density at radius 3 is 2.29 bits per heavy atom. The zero-order valence-electron chi connectivity index (χ0n) is 15.6. The van der Waals surface area contributed by atoms with E-state index >= 15 is 0 Å². The van der Waals surface area contributed by atoms with Crippen molar-refractivity contribution in [2.45, 2.75) is 22.1 Å². The predicted molar refractivity (Wildman–Crippen MR) is 118 cm³/mol. The second kappa shape index (κ2) is 5.76. The Hall–Kier alpha value is -2.97. The smallest absolute Gasteiger partial charge is 0.0468 e. The molecule has 4 aromatic carbocycles. The lowest BCUT2D eigenvalue weighted by atomic mass is 9.70. The van der Waals surface area contributed by atoms with Crippen LogP contribution in [0.2, 0.25) is 0 Å². The summed E-state index contributed by atoms with van der Waals surface area (Å²) in [4.78, 5) is 6.33. The number of hydrogen-bond donors (Lipinski definition) is 1. The summed E-state index contributed by atoms with van der Waals surface area (Å²) in [5.41, 5.74) is 6.32.